The third kappa shape index (κ3) is 4.32. The number of hydrogen-bond acceptors (Lipinski definition) is 6. The molecule has 0 aliphatic carbocycles. The number of hydrogen-bond donors (Lipinski definition) is 2. The number of amides is 1. The summed E-state index contributed by atoms with van der Waals surface area (Å²) in [6, 6.07) is 13.8. The fraction of sp³-hybridized carbons (Fsp3) is 0.150. The van der Waals surface area contributed by atoms with Gasteiger partial charge >= 0.3 is 6.09 Å². The lowest BCUT2D eigenvalue weighted by Crippen LogP contribution is -2.26. The third-order valence-electron chi connectivity index (χ3n) is 4.00. The van der Waals surface area contributed by atoms with Crippen molar-refractivity contribution in [2.24, 2.45) is 0 Å². The van der Waals surface area contributed by atoms with Crippen LogP contribution >= 0.6 is 11.6 Å². The van der Waals surface area contributed by atoms with Gasteiger partial charge in [-0.1, -0.05) is 41.9 Å². The molecule has 2 aromatic carbocycles. The molecule has 1 unspecified atom stereocenters. The van der Waals surface area contributed by atoms with Gasteiger partial charge in [-0.05, 0) is 23.8 Å². The summed E-state index contributed by atoms with van der Waals surface area (Å²) in [5.41, 5.74) is 7.86. The SMILES string of the molecule is CN(C)C(=O)Oc1ccccc1C(Nc1ncccn1)c1cccc(N)c1Cl. The van der Waals surface area contributed by atoms with E-state index in [9.17, 15) is 4.79 Å². The molecular formula is C20H20ClN5O2. The average molecular weight is 398 g/mol. The molecule has 1 aromatic heterocycles. The predicted molar refractivity (Wildman–Crippen MR) is 110 cm³/mol. The molecule has 3 N–H and O–H groups in total. The van der Waals surface area contributed by atoms with Crippen molar-refractivity contribution in [2.45, 2.75) is 6.04 Å². The van der Waals surface area contributed by atoms with Gasteiger partial charge in [-0.3, -0.25) is 0 Å². The molecule has 0 fully saturated rings. The van der Waals surface area contributed by atoms with Crippen molar-refractivity contribution >= 4 is 29.3 Å². The number of nitrogen functional groups attached to an aromatic ring is 1. The standard InChI is InChI=1S/C20H20ClN5O2/c1-26(2)20(27)28-16-10-4-3-7-13(16)18(25-19-23-11-6-12-24-19)14-8-5-9-15(22)17(14)21/h3-12,18H,22H2,1-2H3,(H,23,24,25). The number of anilines is 2. The lowest BCUT2D eigenvalue weighted by Gasteiger charge is -2.24. The second kappa shape index (κ2) is 8.58. The van der Waals surface area contributed by atoms with Crippen molar-refractivity contribution in [1.82, 2.24) is 14.9 Å². The number of ether oxygens (including phenoxy) is 1. The van der Waals surface area contributed by atoms with Crippen LogP contribution in [0.15, 0.2) is 60.9 Å². The minimum atomic E-state index is -0.496. The smallest absolute Gasteiger partial charge is 0.410 e. The molecular weight excluding hydrogens is 378 g/mol. The van der Waals surface area contributed by atoms with Gasteiger partial charge in [0.15, 0.2) is 0 Å². The molecule has 0 spiro atoms. The van der Waals surface area contributed by atoms with Gasteiger partial charge in [0.1, 0.15) is 5.75 Å². The van der Waals surface area contributed by atoms with Crippen molar-refractivity contribution in [1.29, 1.82) is 0 Å². The maximum atomic E-state index is 12.1. The monoisotopic (exact) mass is 397 g/mol. The minimum Gasteiger partial charge on any atom is -0.410 e. The van der Waals surface area contributed by atoms with Gasteiger partial charge in [-0.15, -0.1) is 0 Å². The van der Waals surface area contributed by atoms with Crippen LogP contribution in [0.2, 0.25) is 5.02 Å². The second-order valence-electron chi connectivity index (χ2n) is 6.20. The Bertz CT molecular complexity index is 966. The van der Waals surface area contributed by atoms with Gasteiger partial charge in [0.2, 0.25) is 5.95 Å². The molecule has 1 heterocycles. The van der Waals surface area contributed by atoms with E-state index in [2.05, 4.69) is 15.3 Å². The molecule has 144 valence electrons. The van der Waals surface area contributed by atoms with Crippen molar-refractivity contribution < 1.29 is 9.53 Å². The summed E-state index contributed by atoms with van der Waals surface area (Å²) in [6.45, 7) is 0. The van der Waals surface area contributed by atoms with Crippen LogP contribution in [0, 0.1) is 0 Å². The first-order valence-corrected chi connectivity index (χ1v) is 8.90. The zero-order valence-corrected chi connectivity index (χ0v) is 16.2. The van der Waals surface area contributed by atoms with Crippen molar-refractivity contribution in [3.63, 3.8) is 0 Å². The molecule has 3 aromatic rings. The van der Waals surface area contributed by atoms with Gasteiger partial charge in [0, 0.05) is 32.1 Å². The molecule has 1 atom stereocenters. The third-order valence-corrected chi connectivity index (χ3v) is 4.44. The van der Waals surface area contributed by atoms with E-state index >= 15 is 0 Å². The summed E-state index contributed by atoms with van der Waals surface area (Å²) in [6.07, 6.45) is 2.78. The van der Waals surface area contributed by atoms with Crippen LogP contribution in [-0.4, -0.2) is 35.1 Å². The number of nitrogens with two attached hydrogens (primary N) is 1. The van der Waals surface area contributed by atoms with E-state index in [-0.39, 0.29) is 0 Å². The predicted octanol–water partition coefficient (Wildman–Crippen LogP) is 3.97. The van der Waals surface area contributed by atoms with Gasteiger partial charge in [0.25, 0.3) is 0 Å². The average Bonchev–Trinajstić information content (AvgIpc) is 2.70. The zero-order valence-electron chi connectivity index (χ0n) is 15.5. The van der Waals surface area contributed by atoms with Gasteiger partial charge < -0.3 is 20.7 Å². The minimum absolute atomic E-state index is 0.396. The van der Waals surface area contributed by atoms with Gasteiger partial charge in [-0.2, -0.15) is 0 Å². The van der Waals surface area contributed by atoms with Crippen molar-refractivity contribution in [3.05, 3.63) is 77.1 Å². The fourth-order valence-electron chi connectivity index (χ4n) is 2.61. The van der Waals surface area contributed by atoms with Crippen LogP contribution < -0.4 is 15.8 Å². The molecule has 8 heteroatoms. The zero-order chi connectivity index (χ0) is 20.1. The Balaban J connectivity index is 2.09. The summed E-state index contributed by atoms with van der Waals surface area (Å²) in [5, 5.41) is 3.66. The highest BCUT2D eigenvalue weighted by molar-refractivity contribution is 6.34. The van der Waals surface area contributed by atoms with Gasteiger partial charge in [-0.25, -0.2) is 14.8 Å². The summed E-state index contributed by atoms with van der Waals surface area (Å²) in [7, 11) is 3.24. The molecule has 3 rings (SSSR count). The van der Waals surface area contributed by atoms with E-state index in [1.54, 1.807) is 50.8 Å². The highest BCUT2D eigenvalue weighted by atomic mass is 35.5. The Morgan fingerprint density at radius 1 is 1.07 bits per heavy atom. The number of nitrogens with one attached hydrogen (secondary N) is 1. The Hall–Kier alpha value is -3.32. The number of carbonyl (C=O) groups excluding carboxylic acids is 1. The molecule has 0 aliphatic heterocycles. The van der Waals surface area contributed by atoms with E-state index < -0.39 is 12.1 Å². The maximum absolute atomic E-state index is 12.1. The molecule has 28 heavy (non-hydrogen) atoms. The normalized spacial score (nSPS) is 11.5. The summed E-state index contributed by atoms with van der Waals surface area (Å²) >= 11 is 6.49. The van der Waals surface area contributed by atoms with E-state index in [1.807, 2.05) is 24.3 Å². The van der Waals surface area contributed by atoms with E-state index in [0.717, 1.165) is 0 Å². The van der Waals surface area contributed by atoms with Crippen molar-refractivity contribution in [2.75, 3.05) is 25.1 Å². The van der Waals surface area contributed by atoms with Crippen molar-refractivity contribution in [3.8, 4) is 5.75 Å². The first-order chi connectivity index (χ1) is 13.5. The molecule has 0 radical (unpaired) electrons. The van der Waals surface area contributed by atoms with E-state index in [4.69, 9.17) is 22.1 Å². The summed E-state index contributed by atoms with van der Waals surface area (Å²) in [5.74, 6) is 0.799. The number of para-hydroxylation sites is 1. The van der Waals surface area contributed by atoms with Crippen LogP contribution in [0.5, 0.6) is 5.75 Å². The van der Waals surface area contributed by atoms with Crippen LogP contribution in [0.4, 0.5) is 16.4 Å². The lowest BCUT2D eigenvalue weighted by atomic mass is 9.97. The number of benzene rings is 2. The number of carbonyl (C=O) groups is 1. The highest BCUT2D eigenvalue weighted by Crippen LogP contribution is 2.37. The largest absolute Gasteiger partial charge is 0.414 e. The Morgan fingerprint density at radius 3 is 2.46 bits per heavy atom. The number of rotatable bonds is 5. The van der Waals surface area contributed by atoms with Crippen LogP contribution in [-0.2, 0) is 0 Å². The Labute approximate surface area is 168 Å². The molecule has 0 saturated carbocycles. The first-order valence-electron chi connectivity index (χ1n) is 8.53. The number of nitrogens with zero attached hydrogens (tertiary/aromatic N) is 3. The Morgan fingerprint density at radius 2 is 1.75 bits per heavy atom. The highest BCUT2D eigenvalue weighted by Gasteiger charge is 2.24. The molecule has 0 bridgehead atoms. The van der Waals surface area contributed by atoms with Crippen LogP contribution in [0.1, 0.15) is 17.2 Å². The van der Waals surface area contributed by atoms with Gasteiger partial charge in [0.05, 0.1) is 16.8 Å². The second-order valence-corrected chi connectivity index (χ2v) is 6.58. The van der Waals surface area contributed by atoms with E-state index in [0.29, 0.717) is 33.5 Å². The lowest BCUT2D eigenvalue weighted by molar-refractivity contribution is 0.171. The molecule has 0 aliphatic rings. The topological polar surface area (TPSA) is 93.4 Å². The summed E-state index contributed by atoms with van der Waals surface area (Å²) in [4.78, 5) is 21.9. The fourth-order valence-corrected chi connectivity index (χ4v) is 2.85. The molecule has 0 saturated heterocycles. The quantitative estimate of drug-likeness (QED) is 0.632. The number of halogens is 1. The van der Waals surface area contributed by atoms with Crippen LogP contribution in [0.3, 0.4) is 0 Å². The van der Waals surface area contributed by atoms with Crippen LogP contribution in [0.25, 0.3) is 0 Å². The molecule has 1 amide bonds. The molecule has 7 nitrogen and oxygen atoms in total. The first kappa shape index (κ1) is 19.4. The summed E-state index contributed by atoms with van der Waals surface area (Å²) < 4.78 is 5.55. The number of aromatic nitrogens is 2. The Kier molecular flexibility index (Phi) is 5.96. The maximum Gasteiger partial charge on any atom is 0.414 e. The van der Waals surface area contributed by atoms with E-state index in [1.165, 1.54) is 4.90 Å².